The highest BCUT2D eigenvalue weighted by Crippen LogP contribution is 2.27. The maximum Gasteiger partial charge on any atom is 0.341 e. The Morgan fingerprint density at radius 1 is 1.25 bits per heavy atom. The molecular weight excluding hydrogens is 390 g/mol. The zero-order chi connectivity index (χ0) is 20.1. The lowest BCUT2D eigenvalue weighted by molar-refractivity contribution is -0.125. The maximum absolute atomic E-state index is 12.6. The van der Waals surface area contributed by atoms with Crippen LogP contribution in [-0.2, 0) is 9.53 Å². The second-order valence-corrected chi connectivity index (χ2v) is 6.77. The van der Waals surface area contributed by atoms with Gasteiger partial charge in [-0.05, 0) is 43.0 Å². The van der Waals surface area contributed by atoms with Crippen LogP contribution >= 0.6 is 11.8 Å². The molecule has 0 radical (unpaired) electrons. The molecule has 0 aliphatic carbocycles. The molecule has 0 saturated carbocycles. The van der Waals surface area contributed by atoms with E-state index in [0.29, 0.717) is 11.3 Å². The number of aromatic nitrogens is 1. The molecule has 28 heavy (non-hydrogen) atoms. The van der Waals surface area contributed by atoms with Crippen LogP contribution < -0.4 is 5.32 Å². The number of para-hydroxylation sites is 1. The van der Waals surface area contributed by atoms with Crippen LogP contribution in [0.4, 0.5) is 8.78 Å². The van der Waals surface area contributed by atoms with Crippen LogP contribution in [0.25, 0.3) is 11.0 Å². The first-order chi connectivity index (χ1) is 13.4. The van der Waals surface area contributed by atoms with E-state index in [4.69, 9.17) is 9.15 Å². The standard InChI is InChI=1S/C19H16F2N2O4S/c1-11(15-9-12-5-2-3-7-14(12)27-15)23-16(24)10-26-18(25)13-6-4-8-22-17(13)28-19(20)21/h2-9,11,19H,10H2,1H3,(H,23,24)/t11-/m0/s1. The van der Waals surface area contributed by atoms with Crippen LogP contribution in [0.1, 0.15) is 29.1 Å². The molecule has 1 amide bonds. The number of halogens is 2. The molecule has 146 valence electrons. The van der Waals surface area contributed by atoms with Gasteiger partial charge in [0.05, 0.1) is 11.6 Å². The normalized spacial score (nSPS) is 12.1. The summed E-state index contributed by atoms with van der Waals surface area (Å²) in [5.41, 5.74) is 0.580. The molecule has 3 aromatic rings. The maximum atomic E-state index is 12.6. The van der Waals surface area contributed by atoms with Crippen LogP contribution in [0.5, 0.6) is 0 Å². The number of nitrogens with zero attached hydrogens (tertiary/aromatic N) is 1. The topological polar surface area (TPSA) is 81.4 Å². The third-order valence-electron chi connectivity index (χ3n) is 3.77. The average Bonchev–Trinajstić information content (AvgIpc) is 3.10. The number of rotatable bonds is 7. The summed E-state index contributed by atoms with van der Waals surface area (Å²) < 4.78 is 35.7. The van der Waals surface area contributed by atoms with Crippen LogP contribution in [0.3, 0.4) is 0 Å². The highest BCUT2D eigenvalue weighted by atomic mass is 32.2. The molecule has 9 heteroatoms. The molecule has 0 aliphatic heterocycles. The van der Waals surface area contributed by atoms with Crippen molar-refractivity contribution in [3.05, 3.63) is 60.0 Å². The second-order valence-electron chi connectivity index (χ2n) is 5.79. The Bertz CT molecular complexity index is 960. The minimum absolute atomic E-state index is 0.120. The number of hydrogen-bond donors (Lipinski definition) is 1. The molecular formula is C19H16F2N2O4S. The number of nitrogens with one attached hydrogen (secondary N) is 1. The number of esters is 1. The summed E-state index contributed by atoms with van der Waals surface area (Å²) in [6.07, 6.45) is 1.29. The summed E-state index contributed by atoms with van der Waals surface area (Å²) in [7, 11) is 0. The fourth-order valence-corrected chi connectivity index (χ4v) is 3.07. The first-order valence-electron chi connectivity index (χ1n) is 8.29. The number of amides is 1. The highest BCUT2D eigenvalue weighted by molar-refractivity contribution is 7.99. The summed E-state index contributed by atoms with van der Waals surface area (Å²) in [6.45, 7) is 1.17. The van der Waals surface area contributed by atoms with Gasteiger partial charge in [-0.15, -0.1) is 0 Å². The molecule has 0 bridgehead atoms. The zero-order valence-electron chi connectivity index (χ0n) is 14.7. The van der Waals surface area contributed by atoms with Gasteiger partial charge >= 0.3 is 5.97 Å². The molecule has 3 rings (SSSR count). The summed E-state index contributed by atoms with van der Waals surface area (Å²) in [4.78, 5) is 27.9. The smallest absolute Gasteiger partial charge is 0.341 e. The summed E-state index contributed by atoms with van der Waals surface area (Å²) in [5, 5.41) is 3.41. The van der Waals surface area contributed by atoms with E-state index in [1.807, 2.05) is 30.3 Å². The van der Waals surface area contributed by atoms with E-state index in [1.165, 1.54) is 18.3 Å². The van der Waals surface area contributed by atoms with Gasteiger partial charge in [-0.2, -0.15) is 8.78 Å². The van der Waals surface area contributed by atoms with Crippen molar-refractivity contribution in [2.75, 3.05) is 6.61 Å². The number of carbonyl (C=O) groups is 2. The van der Waals surface area contributed by atoms with E-state index >= 15 is 0 Å². The van der Waals surface area contributed by atoms with Crippen molar-refractivity contribution in [2.45, 2.75) is 23.7 Å². The first-order valence-corrected chi connectivity index (χ1v) is 9.17. The third-order valence-corrected chi connectivity index (χ3v) is 4.50. The highest BCUT2D eigenvalue weighted by Gasteiger charge is 2.20. The van der Waals surface area contributed by atoms with Gasteiger partial charge in [-0.25, -0.2) is 9.78 Å². The van der Waals surface area contributed by atoms with Crippen LogP contribution in [0.2, 0.25) is 0 Å². The number of ether oxygens (including phenoxy) is 1. The molecule has 0 saturated heterocycles. The minimum atomic E-state index is -2.73. The minimum Gasteiger partial charge on any atom is -0.459 e. The Labute approximate surface area is 163 Å². The second kappa shape index (κ2) is 8.83. The molecule has 2 heterocycles. The van der Waals surface area contributed by atoms with Gasteiger partial charge in [0.15, 0.2) is 6.61 Å². The molecule has 2 aromatic heterocycles. The van der Waals surface area contributed by atoms with E-state index in [-0.39, 0.29) is 22.4 Å². The van der Waals surface area contributed by atoms with E-state index in [1.54, 1.807) is 6.92 Å². The zero-order valence-corrected chi connectivity index (χ0v) is 15.5. The van der Waals surface area contributed by atoms with Gasteiger partial charge in [-0.1, -0.05) is 18.2 Å². The van der Waals surface area contributed by atoms with Crippen molar-refractivity contribution in [2.24, 2.45) is 0 Å². The van der Waals surface area contributed by atoms with Crippen LogP contribution in [0, 0.1) is 0 Å². The summed E-state index contributed by atoms with van der Waals surface area (Å²) >= 11 is 0.139. The number of hydrogen-bond acceptors (Lipinski definition) is 6. The van der Waals surface area contributed by atoms with Crippen molar-refractivity contribution in [3.63, 3.8) is 0 Å². The summed E-state index contributed by atoms with van der Waals surface area (Å²) in [6, 6.07) is 11.5. The van der Waals surface area contributed by atoms with Crippen molar-refractivity contribution >= 4 is 34.6 Å². The lowest BCUT2D eigenvalue weighted by atomic mass is 10.2. The first kappa shape index (κ1) is 19.8. The van der Waals surface area contributed by atoms with Gasteiger partial charge in [0.1, 0.15) is 16.4 Å². The predicted molar refractivity (Wildman–Crippen MR) is 99.2 cm³/mol. The van der Waals surface area contributed by atoms with Crippen molar-refractivity contribution in [1.29, 1.82) is 0 Å². The molecule has 0 spiro atoms. The lowest BCUT2D eigenvalue weighted by Crippen LogP contribution is -2.31. The van der Waals surface area contributed by atoms with E-state index in [0.717, 1.165) is 5.39 Å². The van der Waals surface area contributed by atoms with Gasteiger partial charge in [0.2, 0.25) is 0 Å². The Morgan fingerprint density at radius 3 is 2.79 bits per heavy atom. The molecule has 6 nitrogen and oxygen atoms in total. The van der Waals surface area contributed by atoms with E-state index < -0.39 is 30.3 Å². The molecule has 0 fully saturated rings. The van der Waals surface area contributed by atoms with Crippen LogP contribution in [-0.4, -0.2) is 29.2 Å². The van der Waals surface area contributed by atoms with Gasteiger partial charge < -0.3 is 14.5 Å². The Balaban J connectivity index is 1.57. The Morgan fingerprint density at radius 2 is 2.04 bits per heavy atom. The number of thioether (sulfide) groups is 1. The Kier molecular flexibility index (Phi) is 6.25. The lowest BCUT2D eigenvalue weighted by Gasteiger charge is -2.12. The molecule has 0 aliphatic rings. The number of pyridine rings is 1. The van der Waals surface area contributed by atoms with Gasteiger partial charge in [0, 0.05) is 11.6 Å². The molecule has 1 atom stereocenters. The largest absolute Gasteiger partial charge is 0.459 e. The molecule has 0 unspecified atom stereocenters. The number of alkyl halides is 2. The van der Waals surface area contributed by atoms with Gasteiger partial charge in [-0.3, -0.25) is 4.79 Å². The van der Waals surface area contributed by atoms with Crippen molar-refractivity contribution < 1.29 is 27.5 Å². The van der Waals surface area contributed by atoms with E-state index in [9.17, 15) is 18.4 Å². The quantitative estimate of drug-likeness (QED) is 0.468. The fourth-order valence-electron chi connectivity index (χ4n) is 2.50. The third kappa shape index (κ3) is 4.86. The average molecular weight is 406 g/mol. The number of carbonyl (C=O) groups excluding carboxylic acids is 2. The van der Waals surface area contributed by atoms with Crippen molar-refractivity contribution in [3.8, 4) is 0 Å². The SMILES string of the molecule is C[C@H](NC(=O)COC(=O)c1cccnc1SC(F)F)c1cc2ccccc2o1. The molecule has 1 N–H and O–H groups in total. The monoisotopic (exact) mass is 406 g/mol. The number of fused-ring (bicyclic) bond motifs is 1. The number of furan rings is 1. The molecule has 1 aromatic carbocycles. The Hall–Kier alpha value is -2.94. The summed E-state index contributed by atoms with van der Waals surface area (Å²) in [5.74, 6) is -3.62. The van der Waals surface area contributed by atoms with Crippen LogP contribution in [0.15, 0.2) is 58.1 Å². The van der Waals surface area contributed by atoms with Crippen molar-refractivity contribution in [1.82, 2.24) is 10.3 Å². The fraction of sp³-hybridized carbons (Fsp3) is 0.211. The van der Waals surface area contributed by atoms with E-state index in [2.05, 4.69) is 10.3 Å². The number of benzene rings is 1. The van der Waals surface area contributed by atoms with Gasteiger partial charge in [0.25, 0.3) is 11.7 Å². The predicted octanol–water partition coefficient (Wildman–Crippen LogP) is 4.18.